The molecule has 0 unspecified atom stereocenters. The maximum absolute atomic E-state index is 5.47. The zero-order valence-corrected chi connectivity index (χ0v) is 6.51. The minimum Gasteiger partial charge on any atom is -0.355 e. The van der Waals surface area contributed by atoms with Gasteiger partial charge < -0.3 is 10.6 Å². The van der Waals surface area contributed by atoms with E-state index in [-0.39, 0.29) is 0 Å². The van der Waals surface area contributed by atoms with Crippen LogP contribution in [0.25, 0.3) is 0 Å². The van der Waals surface area contributed by atoms with E-state index in [0.29, 0.717) is 6.67 Å². The third-order valence-corrected chi connectivity index (χ3v) is 1.79. The van der Waals surface area contributed by atoms with Crippen molar-refractivity contribution < 1.29 is 0 Å². The van der Waals surface area contributed by atoms with Gasteiger partial charge in [-0.15, -0.1) is 0 Å². The van der Waals surface area contributed by atoms with Crippen LogP contribution in [0.4, 0.5) is 0 Å². The Balaban J connectivity index is 2.16. The Hall–Kier alpha value is -0.540. The van der Waals surface area contributed by atoms with Crippen LogP contribution >= 0.6 is 0 Å². The average Bonchev–Trinajstić information content (AvgIpc) is 2.62. The van der Waals surface area contributed by atoms with Gasteiger partial charge in [-0.25, -0.2) is 0 Å². The summed E-state index contributed by atoms with van der Waals surface area (Å²) in [7, 11) is 0. The van der Waals surface area contributed by atoms with Gasteiger partial charge in [-0.3, -0.25) is 4.90 Å². The van der Waals surface area contributed by atoms with Crippen molar-refractivity contribution in [3.63, 3.8) is 0 Å². The molecule has 0 bridgehead atoms. The highest BCUT2D eigenvalue weighted by atomic mass is 15.4. The van der Waals surface area contributed by atoms with Crippen molar-refractivity contribution in [2.75, 3.05) is 26.4 Å². The zero-order valence-electron chi connectivity index (χ0n) is 6.51. The van der Waals surface area contributed by atoms with E-state index in [9.17, 15) is 0 Å². The van der Waals surface area contributed by atoms with Crippen LogP contribution < -0.4 is 5.73 Å². The largest absolute Gasteiger partial charge is 0.355 e. The number of hydrogen-bond donors (Lipinski definition) is 1. The molecule has 1 heterocycles. The quantitative estimate of drug-likeness (QED) is 0.442. The van der Waals surface area contributed by atoms with Crippen LogP contribution in [0, 0.1) is 0 Å². The van der Waals surface area contributed by atoms with Crippen molar-refractivity contribution in [3.05, 3.63) is 12.3 Å². The first-order chi connectivity index (χ1) is 4.77. The predicted molar refractivity (Wildman–Crippen MR) is 42.1 cm³/mol. The Bertz CT molecular complexity index is 129. The molecule has 0 saturated carbocycles. The fourth-order valence-corrected chi connectivity index (χ4v) is 0.863. The Morgan fingerprint density at radius 3 is 2.70 bits per heavy atom. The molecule has 1 aliphatic rings. The van der Waals surface area contributed by atoms with Crippen LogP contribution in [-0.4, -0.2) is 36.2 Å². The molecule has 1 rings (SSSR count). The van der Waals surface area contributed by atoms with Gasteiger partial charge in [0.2, 0.25) is 0 Å². The van der Waals surface area contributed by atoms with Crippen molar-refractivity contribution in [1.82, 2.24) is 9.80 Å². The van der Waals surface area contributed by atoms with Crippen molar-refractivity contribution in [3.8, 4) is 0 Å². The summed E-state index contributed by atoms with van der Waals surface area (Å²) in [6.07, 6.45) is 0. The molecular formula is C7H15N3. The topological polar surface area (TPSA) is 32.3 Å². The van der Waals surface area contributed by atoms with E-state index in [0.717, 1.165) is 19.8 Å². The monoisotopic (exact) mass is 141 g/mol. The van der Waals surface area contributed by atoms with E-state index in [4.69, 9.17) is 5.73 Å². The highest BCUT2D eigenvalue weighted by Gasteiger charge is 2.23. The molecule has 0 spiro atoms. The SMILES string of the molecule is C=C1CN1CN(CC)CN. The molecule has 0 amide bonds. The second-order valence-corrected chi connectivity index (χ2v) is 2.58. The van der Waals surface area contributed by atoms with Gasteiger partial charge in [-0.1, -0.05) is 13.5 Å². The molecule has 3 nitrogen and oxygen atoms in total. The number of nitrogens with zero attached hydrogens (tertiary/aromatic N) is 2. The smallest absolute Gasteiger partial charge is 0.0719 e. The number of hydrogen-bond acceptors (Lipinski definition) is 3. The van der Waals surface area contributed by atoms with Gasteiger partial charge in [0.1, 0.15) is 0 Å². The Kier molecular flexibility index (Phi) is 2.29. The zero-order chi connectivity index (χ0) is 7.56. The molecule has 0 aromatic heterocycles. The fraction of sp³-hybridized carbons (Fsp3) is 0.714. The number of rotatable bonds is 4. The Morgan fingerprint density at radius 1 is 1.80 bits per heavy atom. The lowest BCUT2D eigenvalue weighted by Crippen LogP contribution is -2.33. The molecule has 1 saturated heterocycles. The highest BCUT2D eigenvalue weighted by Crippen LogP contribution is 2.18. The van der Waals surface area contributed by atoms with Gasteiger partial charge in [-0.2, -0.15) is 0 Å². The average molecular weight is 141 g/mol. The van der Waals surface area contributed by atoms with Crippen molar-refractivity contribution >= 4 is 0 Å². The molecule has 0 atom stereocenters. The fourth-order valence-electron chi connectivity index (χ4n) is 0.863. The third-order valence-electron chi connectivity index (χ3n) is 1.79. The molecule has 1 fully saturated rings. The normalized spacial score (nSPS) is 16.7. The maximum atomic E-state index is 5.47. The summed E-state index contributed by atoms with van der Waals surface area (Å²) in [6.45, 7) is 9.59. The van der Waals surface area contributed by atoms with Crippen molar-refractivity contribution in [1.29, 1.82) is 0 Å². The summed E-state index contributed by atoms with van der Waals surface area (Å²) in [5.74, 6) is 0. The van der Waals surface area contributed by atoms with Gasteiger partial charge in [0.25, 0.3) is 0 Å². The Labute approximate surface area is 62.1 Å². The first kappa shape index (κ1) is 7.57. The van der Waals surface area contributed by atoms with Crippen LogP contribution in [0.2, 0.25) is 0 Å². The van der Waals surface area contributed by atoms with Gasteiger partial charge in [0.05, 0.1) is 13.2 Å². The molecule has 10 heavy (non-hydrogen) atoms. The minimum atomic E-state index is 0.639. The standard InChI is InChI=1S/C7H15N3/c1-3-9(5-8)6-10-4-7(10)2/h2-6,8H2,1H3. The van der Waals surface area contributed by atoms with E-state index in [1.807, 2.05) is 0 Å². The van der Waals surface area contributed by atoms with Gasteiger partial charge in [-0.05, 0) is 6.54 Å². The van der Waals surface area contributed by atoms with Crippen LogP contribution in [0.15, 0.2) is 12.3 Å². The minimum absolute atomic E-state index is 0.639. The van der Waals surface area contributed by atoms with Crippen molar-refractivity contribution in [2.24, 2.45) is 5.73 Å². The molecule has 0 aromatic carbocycles. The predicted octanol–water partition coefficient (Wildman–Crippen LogP) is 0.0113. The molecule has 2 N–H and O–H groups in total. The van der Waals surface area contributed by atoms with Crippen LogP contribution in [-0.2, 0) is 0 Å². The summed E-state index contributed by atoms with van der Waals surface area (Å²) < 4.78 is 0. The van der Waals surface area contributed by atoms with E-state index in [1.165, 1.54) is 5.70 Å². The van der Waals surface area contributed by atoms with Gasteiger partial charge in [0.15, 0.2) is 0 Å². The third kappa shape index (κ3) is 1.72. The summed E-state index contributed by atoms with van der Waals surface area (Å²) >= 11 is 0. The first-order valence-electron chi connectivity index (χ1n) is 3.63. The van der Waals surface area contributed by atoms with E-state index in [1.54, 1.807) is 0 Å². The van der Waals surface area contributed by atoms with Gasteiger partial charge in [0, 0.05) is 12.4 Å². The summed E-state index contributed by atoms with van der Waals surface area (Å²) in [5, 5.41) is 0. The molecule has 58 valence electrons. The summed E-state index contributed by atoms with van der Waals surface area (Å²) in [5.41, 5.74) is 6.70. The lowest BCUT2D eigenvalue weighted by Gasteiger charge is -2.17. The summed E-state index contributed by atoms with van der Waals surface area (Å²) in [6, 6.07) is 0. The molecule has 0 aliphatic carbocycles. The second-order valence-electron chi connectivity index (χ2n) is 2.58. The molecule has 1 aliphatic heterocycles. The van der Waals surface area contributed by atoms with E-state index < -0.39 is 0 Å². The number of nitrogens with two attached hydrogens (primary N) is 1. The first-order valence-corrected chi connectivity index (χ1v) is 3.63. The molecule has 0 aromatic rings. The van der Waals surface area contributed by atoms with Crippen molar-refractivity contribution in [2.45, 2.75) is 6.92 Å². The van der Waals surface area contributed by atoms with Crippen LogP contribution in [0.3, 0.4) is 0 Å². The molecule has 0 radical (unpaired) electrons. The second kappa shape index (κ2) is 3.03. The highest BCUT2D eigenvalue weighted by molar-refractivity contribution is 5.12. The summed E-state index contributed by atoms with van der Waals surface area (Å²) in [4.78, 5) is 4.37. The lowest BCUT2D eigenvalue weighted by molar-refractivity contribution is 0.235. The maximum Gasteiger partial charge on any atom is 0.0719 e. The van der Waals surface area contributed by atoms with E-state index >= 15 is 0 Å². The lowest BCUT2D eigenvalue weighted by atomic mass is 10.6. The molecule has 3 heteroatoms. The van der Waals surface area contributed by atoms with E-state index in [2.05, 4.69) is 23.3 Å². The van der Waals surface area contributed by atoms with Crippen LogP contribution in [0.1, 0.15) is 6.92 Å². The Morgan fingerprint density at radius 2 is 2.40 bits per heavy atom. The van der Waals surface area contributed by atoms with Gasteiger partial charge >= 0.3 is 0 Å². The molecular weight excluding hydrogens is 126 g/mol. The van der Waals surface area contributed by atoms with Crippen LogP contribution in [0.5, 0.6) is 0 Å².